The zero-order chi connectivity index (χ0) is 19.0. The summed E-state index contributed by atoms with van der Waals surface area (Å²) in [6.45, 7) is 4.09. The molecule has 0 unspecified atom stereocenters. The normalized spacial score (nSPS) is 10.9. The van der Waals surface area contributed by atoms with Crippen LogP contribution >= 0.6 is 11.6 Å². The van der Waals surface area contributed by atoms with Crippen LogP contribution in [0, 0.1) is 13.8 Å². The molecule has 3 aromatic carbocycles. The maximum absolute atomic E-state index is 12.4. The number of benzene rings is 3. The first-order valence-electron chi connectivity index (χ1n) is 8.54. The summed E-state index contributed by atoms with van der Waals surface area (Å²) in [5, 5.41) is 3.47. The van der Waals surface area contributed by atoms with Gasteiger partial charge in [-0.3, -0.25) is 4.79 Å². The van der Waals surface area contributed by atoms with E-state index in [1.807, 2.05) is 32.0 Å². The lowest BCUT2D eigenvalue weighted by Crippen LogP contribution is -2.11. The second-order valence-electron chi connectivity index (χ2n) is 6.54. The Hall–Kier alpha value is -3.11. The Bertz CT molecular complexity index is 1130. The predicted molar refractivity (Wildman–Crippen MR) is 108 cm³/mol. The lowest BCUT2D eigenvalue weighted by atomic mass is 10.1. The summed E-state index contributed by atoms with van der Waals surface area (Å²) in [7, 11) is 0. The van der Waals surface area contributed by atoms with E-state index in [1.165, 1.54) is 0 Å². The van der Waals surface area contributed by atoms with Crippen LogP contribution in [-0.2, 0) is 0 Å². The molecule has 0 radical (unpaired) electrons. The number of halogens is 1. The highest BCUT2D eigenvalue weighted by molar-refractivity contribution is 6.30. The van der Waals surface area contributed by atoms with Gasteiger partial charge in [0.25, 0.3) is 5.91 Å². The molecule has 0 saturated carbocycles. The predicted octanol–water partition coefficient (Wildman–Crippen LogP) is 6.02. The summed E-state index contributed by atoms with van der Waals surface area (Å²) in [6, 6.07) is 18.4. The van der Waals surface area contributed by atoms with Crippen molar-refractivity contribution < 1.29 is 9.21 Å². The number of anilines is 1. The van der Waals surface area contributed by atoms with Crippen molar-refractivity contribution in [2.24, 2.45) is 0 Å². The fourth-order valence-corrected chi connectivity index (χ4v) is 3.16. The van der Waals surface area contributed by atoms with Crippen molar-refractivity contribution in [2.75, 3.05) is 5.32 Å². The first kappa shape index (κ1) is 17.3. The number of rotatable bonds is 3. The first-order valence-corrected chi connectivity index (χ1v) is 8.92. The van der Waals surface area contributed by atoms with Crippen LogP contribution in [0.1, 0.15) is 21.5 Å². The average Bonchev–Trinajstić information content (AvgIpc) is 3.05. The Kier molecular flexibility index (Phi) is 4.42. The molecule has 0 saturated heterocycles. The number of fused-ring (bicyclic) bond motifs is 1. The van der Waals surface area contributed by atoms with E-state index in [0.29, 0.717) is 33.3 Å². The van der Waals surface area contributed by atoms with Gasteiger partial charge in [0.15, 0.2) is 5.58 Å². The summed E-state index contributed by atoms with van der Waals surface area (Å²) in [5.41, 5.74) is 5.81. The molecule has 0 atom stereocenters. The van der Waals surface area contributed by atoms with E-state index in [4.69, 9.17) is 16.0 Å². The molecule has 5 heteroatoms. The minimum Gasteiger partial charge on any atom is -0.436 e. The number of nitrogens with one attached hydrogen (secondary N) is 1. The van der Waals surface area contributed by atoms with E-state index >= 15 is 0 Å². The number of aromatic nitrogens is 1. The molecule has 134 valence electrons. The van der Waals surface area contributed by atoms with E-state index in [-0.39, 0.29) is 5.91 Å². The highest BCUT2D eigenvalue weighted by Gasteiger charge is 2.11. The molecule has 1 aromatic heterocycles. The van der Waals surface area contributed by atoms with Crippen molar-refractivity contribution in [3.8, 4) is 11.5 Å². The third-order valence-electron chi connectivity index (χ3n) is 4.22. The minimum absolute atomic E-state index is 0.205. The van der Waals surface area contributed by atoms with Gasteiger partial charge in [-0.05, 0) is 68.4 Å². The van der Waals surface area contributed by atoms with Crippen LogP contribution in [0.2, 0.25) is 5.02 Å². The Morgan fingerprint density at radius 2 is 1.67 bits per heavy atom. The molecule has 0 aliphatic rings. The van der Waals surface area contributed by atoms with Crippen molar-refractivity contribution in [3.63, 3.8) is 0 Å². The number of aryl methyl sites for hydroxylation is 2. The highest BCUT2D eigenvalue weighted by atomic mass is 35.5. The van der Waals surface area contributed by atoms with Gasteiger partial charge in [-0.25, -0.2) is 4.98 Å². The maximum atomic E-state index is 12.4. The number of nitrogens with zero attached hydrogens (tertiary/aromatic N) is 1. The number of amides is 1. The lowest BCUT2D eigenvalue weighted by Gasteiger charge is -2.05. The zero-order valence-corrected chi connectivity index (χ0v) is 15.7. The van der Waals surface area contributed by atoms with E-state index in [1.54, 1.807) is 36.4 Å². The highest BCUT2D eigenvalue weighted by Crippen LogP contribution is 2.27. The molecule has 0 fully saturated rings. The van der Waals surface area contributed by atoms with Gasteiger partial charge in [0.2, 0.25) is 5.89 Å². The van der Waals surface area contributed by atoms with Gasteiger partial charge in [0.1, 0.15) is 5.52 Å². The maximum Gasteiger partial charge on any atom is 0.255 e. The van der Waals surface area contributed by atoms with Gasteiger partial charge in [0, 0.05) is 21.8 Å². The Morgan fingerprint density at radius 3 is 2.37 bits per heavy atom. The summed E-state index contributed by atoms with van der Waals surface area (Å²) in [6.07, 6.45) is 0. The van der Waals surface area contributed by atoms with Crippen LogP contribution in [0.4, 0.5) is 5.69 Å². The van der Waals surface area contributed by atoms with Crippen molar-refractivity contribution in [1.29, 1.82) is 0 Å². The van der Waals surface area contributed by atoms with Gasteiger partial charge in [0.05, 0.1) is 0 Å². The van der Waals surface area contributed by atoms with Gasteiger partial charge < -0.3 is 9.73 Å². The molecule has 0 spiro atoms. The van der Waals surface area contributed by atoms with E-state index in [0.717, 1.165) is 16.7 Å². The minimum atomic E-state index is -0.205. The molecule has 0 aliphatic carbocycles. The molecular formula is C22H17ClN2O2. The molecule has 1 heterocycles. The fourth-order valence-electron chi connectivity index (χ4n) is 3.03. The molecule has 27 heavy (non-hydrogen) atoms. The quantitative estimate of drug-likeness (QED) is 0.475. The van der Waals surface area contributed by atoms with Gasteiger partial charge in [-0.15, -0.1) is 0 Å². The van der Waals surface area contributed by atoms with E-state index in [9.17, 15) is 4.79 Å². The topological polar surface area (TPSA) is 55.1 Å². The van der Waals surface area contributed by atoms with Crippen LogP contribution in [0.5, 0.6) is 0 Å². The van der Waals surface area contributed by atoms with Crippen LogP contribution in [0.25, 0.3) is 22.6 Å². The summed E-state index contributed by atoms with van der Waals surface area (Å²) in [5.74, 6) is 0.363. The van der Waals surface area contributed by atoms with Gasteiger partial charge in [-0.2, -0.15) is 0 Å². The number of oxazole rings is 1. The SMILES string of the molecule is Cc1cc(C)cc(-c2nc3cc(NC(=O)c4ccc(Cl)cc4)ccc3o2)c1. The monoisotopic (exact) mass is 376 g/mol. The van der Waals surface area contributed by atoms with E-state index < -0.39 is 0 Å². The average molecular weight is 377 g/mol. The Balaban J connectivity index is 1.62. The smallest absolute Gasteiger partial charge is 0.255 e. The molecule has 4 rings (SSSR count). The third kappa shape index (κ3) is 3.71. The van der Waals surface area contributed by atoms with Crippen molar-refractivity contribution in [1.82, 2.24) is 4.98 Å². The standard InChI is InChI=1S/C22H17ClN2O2/c1-13-9-14(2)11-16(10-13)22-25-19-12-18(7-8-20(19)27-22)24-21(26)15-3-5-17(23)6-4-15/h3-12H,1-2H3,(H,24,26). The van der Waals surface area contributed by atoms with Crippen LogP contribution < -0.4 is 5.32 Å². The lowest BCUT2D eigenvalue weighted by molar-refractivity contribution is 0.102. The molecule has 1 amide bonds. The Labute approximate surface area is 161 Å². The van der Waals surface area contributed by atoms with Crippen LogP contribution in [-0.4, -0.2) is 10.9 Å². The van der Waals surface area contributed by atoms with Gasteiger partial charge >= 0.3 is 0 Å². The third-order valence-corrected chi connectivity index (χ3v) is 4.47. The first-order chi connectivity index (χ1) is 13.0. The van der Waals surface area contributed by atoms with Crippen LogP contribution in [0.15, 0.2) is 65.1 Å². The second-order valence-corrected chi connectivity index (χ2v) is 6.98. The van der Waals surface area contributed by atoms with Crippen molar-refractivity contribution in [3.05, 3.63) is 82.4 Å². The number of hydrogen-bond donors (Lipinski definition) is 1. The summed E-state index contributed by atoms with van der Waals surface area (Å²) >= 11 is 5.86. The zero-order valence-electron chi connectivity index (χ0n) is 14.9. The fraction of sp³-hybridized carbons (Fsp3) is 0.0909. The molecule has 0 bridgehead atoms. The van der Waals surface area contributed by atoms with Crippen molar-refractivity contribution in [2.45, 2.75) is 13.8 Å². The molecule has 0 aliphatic heterocycles. The number of carbonyl (C=O) groups is 1. The number of hydrogen-bond acceptors (Lipinski definition) is 3. The summed E-state index contributed by atoms with van der Waals surface area (Å²) in [4.78, 5) is 16.9. The summed E-state index contributed by atoms with van der Waals surface area (Å²) < 4.78 is 5.88. The largest absolute Gasteiger partial charge is 0.436 e. The number of carbonyl (C=O) groups excluding carboxylic acids is 1. The Morgan fingerprint density at radius 1 is 0.963 bits per heavy atom. The van der Waals surface area contributed by atoms with Gasteiger partial charge in [-0.1, -0.05) is 28.8 Å². The molecule has 4 aromatic rings. The molecule has 1 N–H and O–H groups in total. The van der Waals surface area contributed by atoms with Crippen LogP contribution in [0.3, 0.4) is 0 Å². The van der Waals surface area contributed by atoms with Crippen molar-refractivity contribution >= 4 is 34.3 Å². The molecular weight excluding hydrogens is 360 g/mol. The molecule has 4 nitrogen and oxygen atoms in total. The second kappa shape index (κ2) is 6.89. The van der Waals surface area contributed by atoms with E-state index in [2.05, 4.69) is 16.4 Å².